The molecule has 3 aromatic rings. The fourth-order valence-corrected chi connectivity index (χ4v) is 4.14. The number of nitrogens with one attached hydrogen (secondary N) is 1. The second-order valence-electron chi connectivity index (χ2n) is 8.19. The molecule has 0 radical (unpaired) electrons. The van der Waals surface area contributed by atoms with Gasteiger partial charge >= 0.3 is 6.03 Å². The minimum atomic E-state index is -0.323. The molecular weight excluding hydrogens is 430 g/mol. The number of hydrogen-bond acceptors (Lipinski definition) is 3. The largest absolute Gasteiger partial charge is 0.332 e. The van der Waals surface area contributed by atoms with Crippen LogP contribution in [0, 0.1) is 0 Å². The van der Waals surface area contributed by atoms with Gasteiger partial charge in [-0.05, 0) is 40.6 Å². The van der Waals surface area contributed by atoms with Crippen LogP contribution in [0.1, 0.15) is 35.8 Å². The van der Waals surface area contributed by atoms with Crippen molar-refractivity contribution in [3.63, 3.8) is 0 Å². The maximum absolute atomic E-state index is 13.3. The van der Waals surface area contributed by atoms with Gasteiger partial charge in [-0.25, -0.2) is 4.79 Å². The topological polar surface area (TPSA) is 52.7 Å². The Hall–Kier alpha value is -3.38. The molecule has 3 amide bonds. The molecule has 0 saturated heterocycles. The van der Waals surface area contributed by atoms with Crippen molar-refractivity contribution in [1.82, 2.24) is 9.80 Å². The van der Waals surface area contributed by atoms with Gasteiger partial charge in [0.1, 0.15) is 6.54 Å². The van der Waals surface area contributed by atoms with E-state index in [1.54, 1.807) is 22.3 Å². The summed E-state index contributed by atoms with van der Waals surface area (Å²) in [5.41, 5.74) is 2.95. The Kier molecular flexibility index (Phi) is 8.84. The summed E-state index contributed by atoms with van der Waals surface area (Å²) < 4.78 is 0. The van der Waals surface area contributed by atoms with Crippen LogP contribution in [-0.4, -0.2) is 34.8 Å². The monoisotopic (exact) mass is 461 g/mol. The molecule has 3 rings (SSSR count). The molecular formula is C27H31N3O2S. The van der Waals surface area contributed by atoms with Crippen molar-refractivity contribution in [2.24, 2.45) is 0 Å². The van der Waals surface area contributed by atoms with Crippen LogP contribution >= 0.6 is 11.3 Å². The lowest BCUT2D eigenvalue weighted by molar-refractivity contribution is -0.132. The van der Waals surface area contributed by atoms with E-state index >= 15 is 0 Å². The SMILES string of the molecule is C=CCN(CC(=O)N(Cc1ccccc1)Cc1cccs1)C(=O)Nc1ccc(C(C)C)cc1. The number of carbonyl (C=O) groups excluding carboxylic acids is 2. The van der Waals surface area contributed by atoms with Crippen LogP contribution in [-0.2, 0) is 17.9 Å². The maximum Gasteiger partial charge on any atom is 0.322 e. The van der Waals surface area contributed by atoms with Crippen LogP contribution in [0.3, 0.4) is 0 Å². The summed E-state index contributed by atoms with van der Waals surface area (Å²) in [5, 5.41) is 4.91. The second-order valence-corrected chi connectivity index (χ2v) is 9.22. The molecule has 0 aliphatic carbocycles. The highest BCUT2D eigenvalue weighted by Crippen LogP contribution is 2.18. The van der Waals surface area contributed by atoms with Crippen molar-refractivity contribution in [3.05, 3.63) is 101 Å². The van der Waals surface area contributed by atoms with E-state index in [9.17, 15) is 9.59 Å². The Morgan fingerprint density at radius 1 is 0.970 bits per heavy atom. The van der Waals surface area contributed by atoms with Crippen molar-refractivity contribution in [2.75, 3.05) is 18.4 Å². The highest BCUT2D eigenvalue weighted by atomic mass is 32.1. The van der Waals surface area contributed by atoms with Crippen molar-refractivity contribution < 1.29 is 9.59 Å². The van der Waals surface area contributed by atoms with Crippen molar-refractivity contribution in [3.8, 4) is 0 Å². The van der Waals surface area contributed by atoms with Gasteiger partial charge in [0.2, 0.25) is 5.91 Å². The number of thiophene rings is 1. The number of urea groups is 1. The zero-order chi connectivity index (χ0) is 23.6. The Bertz CT molecular complexity index is 1030. The molecule has 2 aromatic carbocycles. The Balaban J connectivity index is 1.70. The van der Waals surface area contributed by atoms with Crippen LogP contribution in [0.2, 0.25) is 0 Å². The highest BCUT2D eigenvalue weighted by molar-refractivity contribution is 7.09. The van der Waals surface area contributed by atoms with Gasteiger partial charge in [-0.15, -0.1) is 17.9 Å². The van der Waals surface area contributed by atoms with Crippen molar-refractivity contribution >= 4 is 29.0 Å². The van der Waals surface area contributed by atoms with E-state index in [-0.39, 0.29) is 25.0 Å². The van der Waals surface area contributed by atoms with Crippen LogP contribution in [0.5, 0.6) is 0 Å². The van der Waals surface area contributed by atoms with E-state index in [4.69, 9.17) is 0 Å². The van der Waals surface area contributed by atoms with Gasteiger partial charge < -0.3 is 15.1 Å². The number of anilines is 1. The van der Waals surface area contributed by atoms with E-state index in [1.807, 2.05) is 72.1 Å². The molecule has 0 bridgehead atoms. The van der Waals surface area contributed by atoms with Crippen LogP contribution in [0.25, 0.3) is 0 Å². The summed E-state index contributed by atoms with van der Waals surface area (Å²) >= 11 is 1.62. The third kappa shape index (κ3) is 7.32. The number of nitrogens with zero attached hydrogens (tertiary/aromatic N) is 2. The van der Waals surface area contributed by atoms with Gasteiger partial charge in [0, 0.05) is 23.7 Å². The van der Waals surface area contributed by atoms with E-state index < -0.39 is 0 Å². The number of carbonyl (C=O) groups is 2. The van der Waals surface area contributed by atoms with Crippen LogP contribution in [0.15, 0.2) is 84.8 Å². The summed E-state index contributed by atoms with van der Waals surface area (Å²) in [6, 6.07) is 21.4. The summed E-state index contributed by atoms with van der Waals surface area (Å²) in [6.45, 7) is 9.25. The lowest BCUT2D eigenvalue weighted by atomic mass is 10.0. The van der Waals surface area contributed by atoms with E-state index in [0.29, 0.717) is 24.7 Å². The van der Waals surface area contributed by atoms with Gasteiger partial charge in [0.25, 0.3) is 0 Å². The lowest BCUT2D eigenvalue weighted by Crippen LogP contribution is -2.44. The molecule has 1 aromatic heterocycles. The zero-order valence-corrected chi connectivity index (χ0v) is 20.1. The quantitative estimate of drug-likeness (QED) is 0.370. The standard InChI is InChI=1S/C27H31N3O2S/c1-4-16-29(27(32)28-24-14-12-23(13-15-24)21(2)3)20-26(31)30(19-25-11-8-17-33-25)18-22-9-6-5-7-10-22/h4-15,17,21H,1,16,18-20H2,2-3H3,(H,28,32). The fourth-order valence-electron chi connectivity index (χ4n) is 3.42. The van der Waals surface area contributed by atoms with Gasteiger partial charge in [0.05, 0.1) is 6.54 Å². The first-order valence-electron chi connectivity index (χ1n) is 11.1. The molecule has 0 atom stereocenters. The van der Waals surface area contributed by atoms with Crippen LogP contribution in [0.4, 0.5) is 10.5 Å². The molecule has 33 heavy (non-hydrogen) atoms. The molecule has 1 heterocycles. The summed E-state index contributed by atoms with van der Waals surface area (Å²) in [4.78, 5) is 30.6. The molecule has 0 aliphatic rings. The first kappa shape index (κ1) is 24.3. The van der Waals surface area contributed by atoms with E-state index in [2.05, 4.69) is 25.7 Å². The van der Waals surface area contributed by atoms with Gasteiger partial charge in [0.15, 0.2) is 0 Å². The predicted molar refractivity (Wildman–Crippen MR) is 136 cm³/mol. The van der Waals surface area contributed by atoms with Gasteiger partial charge in [-0.2, -0.15) is 0 Å². The highest BCUT2D eigenvalue weighted by Gasteiger charge is 2.21. The van der Waals surface area contributed by atoms with E-state index in [0.717, 1.165) is 10.4 Å². The lowest BCUT2D eigenvalue weighted by Gasteiger charge is -2.27. The third-order valence-electron chi connectivity index (χ3n) is 5.29. The normalized spacial score (nSPS) is 10.6. The maximum atomic E-state index is 13.3. The summed E-state index contributed by atoms with van der Waals surface area (Å²) in [7, 11) is 0. The Labute approximate surface area is 200 Å². The van der Waals surface area contributed by atoms with Gasteiger partial charge in [-0.3, -0.25) is 4.79 Å². The Morgan fingerprint density at radius 3 is 2.30 bits per heavy atom. The van der Waals surface area contributed by atoms with E-state index in [1.165, 1.54) is 10.5 Å². The molecule has 0 unspecified atom stereocenters. The first-order chi connectivity index (χ1) is 16.0. The van der Waals surface area contributed by atoms with Crippen molar-refractivity contribution in [1.29, 1.82) is 0 Å². The Morgan fingerprint density at radius 2 is 1.70 bits per heavy atom. The number of hydrogen-bond donors (Lipinski definition) is 1. The molecule has 0 saturated carbocycles. The molecule has 6 heteroatoms. The molecule has 0 fully saturated rings. The zero-order valence-electron chi connectivity index (χ0n) is 19.2. The van der Waals surface area contributed by atoms with Crippen molar-refractivity contribution in [2.45, 2.75) is 32.9 Å². The number of benzene rings is 2. The minimum absolute atomic E-state index is 0.0276. The third-order valence-corrected chi connectivity index (χ3v) is 6.15. The van der Waals surface area contributed by atoms with Gasteiger partial charge in [-0.1, -0.05) is 68.5 Å². The predicted octanol–water partition coefficient (Wildman–Crippen LogP) is 6.12. The molecule has 1 N–H and O–H groups in total. The minimum Gasteiger partial charge on any atom is -0.332 e. The number of amides is 3. The fraction of sp³-hybridized carbons (Fsp3) is 0.259. The molecule has 172 valence electrons. The summed E-state index contributed by atoms with van der Waals surface area (Å²) in [6.07, 6.45) is 1.63. The van der Waals surface area contributed by atoms with Crippen LogP contribution < -0.4 is 5.32 Å². The molecule has 0 aliphatic heterocycles. The smallest absolute Gasteiger partial charge is 0.322 e. The second kappa shape index (κ2) is 12.0. The number of rotatable bonds is 10. The first-order valence-corrected chi connectivity index (χ1v) is 11.9. The average Bonchev–Trinajstić information content (AvgIpc) is 3.32. The average molecular weight is 462 g/mol. The summed E-state index contributed by atoms with van der Waals surface area (Å²) in [5.74, 6) is 0.308. The molecule has 0 spiro atoms. The molecule has 5 nitrogen and oxygen atoms in total.